The molecule has 12 nitrogen and oxygen atoms in total. The van der Waals surface area contributed by atoms with Crippen LogP contribution in [0.1, 0.15) is 43.9 Å². The molecule has 1 fully saturated rings. The number of rotatable bonds is 6. The summed E-state index contributed by atoms with van der Waals surface area (Å²) in [6.07, 6.45) is 0.167. The summed E-state index contributed by atoms with van der Waals surface area (Å²) < 4.78 is 0. The van der Waals surface area contributed by atoms with E-state index in [9.17, 15) is 40.0 Å². The molecule has 1 amide bonds. The third-order valence-corrected chi connectivity index (χ3v) is 8.26. The van der Waals surface area contributed by atoms with Crippen molar-refractivity contribution in [2.75, 3.05) is 39.6 Å². The van der Waals surface area contributed by atoms with Gasteiger partial charge < -0.3 is 41.3 Å². The number of nitrogens with two attached hydrogens (primary N) is 1. The van der Waals surface area contributed by atoms with Crippen molar-refractivity contribution >= 4 is 28.9 Å². The van der Waals surface area contributed by atoms with Gasteiger partial charge in [0.25, 0.3) is 5.91 Å². The number of amides is 1. The summed E-state index contributed by atoms with van der Waals surface area (Å²) in [5.41, 5.74) is 2.63. The number of aromatic hydroxyl groups is 1. The zero-order valence-electron chi connectivity index (χ0n) is 24.5. The smallest absolute Gasteiger partial charge is 0.255 e. The van der Waals surface area contributed by atoms with E-state index in [1.54, 1.807) is 39.2 Å². The van der Waals surface area contributed by atoms with Crippen molar-refractivity contribution in [2.45, 2.75) is 51.8 Å². The Morgan fingerprint density at radius 2 is 1.76 bits per heavy atom. The van der Waals surface area contributed by atoms with Gasteiger partial charge in [0.15, 0.2) is 11.4 Å². The summed E-state index contributed by atoms with van der Waals surface area (Å²) in [4.78, 5) is 42.7. The molecule has 6 N–H and O–H groups in total. The first-order chi connectivity index (χ1) is 18.8. The Morgan fingerprint density at radius 1 is 1.15 bits per heavy atom. The summed E-state index contributed by atoms with van der Waals surface area (Å²) in [5.74, 6) is -7.09. The molecule has 0 aromatic heterocycles. The number of phenolic OH excluding ortho intramolecular Hbond substituents is 1. The molecule has 4 rings (SSSR count). The van der Waals surface area contributed by atoms with Crippen LogP contribution in [-0.2, 0) is 27.3 Å². The van der Waals surface area contributed by atoms with Gasteiger partial charge in [-0.25, -0.2) is 0 Å². The number of phenols is 1. The molecule has 41 heavy (non-hydrogen) atoms. The van der Waals surface area contributed by atoms with Crippen LogP contribution in [0.4, 0.5) is 5.69 Å². The fraction of sp³-hybridized carbons (Fsp3) is 0.552. The number of aliphatic hydroxyl groups excluding tert-OH is 2. The van der Waals surface area contributed by atoms with E-state index in [2.05, 4.69) is 0 Å². The number of hydroxylamine groups is 2. The van der Waals surface area contributed by atoms with Crippen molar-refractivity contribution in [3.63, 3.8) is 0 Å². The molecular weight excluding hydrogens is 532 g/mol. The Balaban J connectivity index is 1.93. The standard InChI is InChI=1S/C29H39N4O8/c1-28(2,3)12-33(41)11-14-10-17(31(4)5)15-8-13-9-16-21(32(6)7)24(36)20(27(30)39)26(38)29(16,40)25(37)18(13)23(35)19(15)22(14)34/h10,13,16,21,34-35,38,40H,8-9,11-12H2,1-7H3,(H2,30,39)/q-1/t13-,16-,21-,29-/m0/s1. The summed E-state index contributed by atoms with van der Waals surface area (Å²) in [5, 5.41) is 59.2. The minimum absolute atomic E-state index is 0.00106. The van der Waals surface area contributed by atoms with Crippen molar-refractivity contribution < 1.29 is 34.8 Å². The highest BCUT2D eigenvalue weighted by atomic mass is 16.5. The van der Waals surface area contributed by atoms with Crippen LogP contribution >= 0.6 is 0 Å². The number of anilines is 1. The molecule has 3 aliphatic carbocycles. The number of Topliss-reactive ketones (excluding diaryl/α,β-unsaturated/α-hetero) is 2. The second kappa shape index (κ2) is 10.1. The number of likely N-dealkylation sites (N-methyl/N-ethyl adjacent to an activating group) is 1. The van der Waals surface area contributed by atoms with Gasteiger partial charge in [0.05, 0.1) is 11.6 Å². The first-order valence-corrected chi connectivity index (χ1v) is 13.4. The van der Waals surface area contributed by atoms with Crippen LogP contribution in [0.2, 0.25) is 0 Å². The van der Waals surface area contributed by atoms with Gasteiger partial charge in [0, 0.05) is 43.4 Å². The number of carbonyl (C=O) groups excluding carboxylic acids is 3. The van der Waals surface area contributed by atoms with Gasteiger partial charge in [-0.15, -0.1) is 0 Å². The Kier molecular flexibility index (Phi) is 7.53. The summed E-state index contributed by atoms with van der Waals surface area (Å²) in [6, 6.07) is 0.531. The minimum Gasteiger partial charge on any atom is -0.785 e. The van der Waals surface area contributed by atoms with E-state index >= 15 is 0 Å². The van der Waals surface area contributed by atoms with E-state index < -0.39 is 58.0 Å². The zero-order valence-corrected chi connectivity index (χ0v) is 24.5. The summed E-state index contributed by atoms with van der Waals surface area (Å²) >= 11 is 0. The molecule has 3 aliphatic rings. The van der Waals surface area contributed by atoms with Crippen molar-refractivity contribution in [3.8, 4) is 5.75 Å². The maximum Gasteiger partial charge on any atom is 0.255 e. The largest absolute Gasteiger partial charge is 0.785 e. The number of carbonyl (C=O) groups is 3. The number of benzene rings is 1. The van der Waals surface area contributed by atoms with Gasteiger partial charge in [-0.3, -0.25) is 19.3 Å². The van der Waals surface area contributed by atoms with Gasteiger partial charge in [0.2, 0.25) is 5.78 Å². The lowest BCUT2D eigenvalue weighted by molar-refractivity contribution is -0.153. The molecule has 0 radical (unpaired) electrons. The first-order valence-electron chi connectivity index (χ1n) is 13.4. The number of nitrogens with zero attached hydrogens (tertiary/aromatic N) is 3. The number of hydrogen-bond acceptors (Lipinski definition) is 11. The number of fused-ring (bicyclic) bond motifs is 3. The molecule has 224 valence electrons. The molecule has 1 aromatic carbocycles. The summed E-state index contributed by atoms with van der Waals surface area (Å²) in [7, 11) is 6.65. The zero-order chi connectivity index (χ0) is 30.9. The Bertz CT molecular complexity index is 1390. The summed E-state index contributed by atoms with van der Waals surface area (Å²) in [6.45, 7) is 5.73. The molecule has 0 unspecified atom stereocenters. The van der Waals surface area contributed by atoms with Crippen LogP contribution in [-0.4, -0.2) is 94.2 Å². The van der Waals surface area contributed by atoms with Gasteiger partial charge in [-0.05, 0) is 56.4 Å². The fourth-order valence-corrected chi connectivity index (χ4v) is 6.64. The lowest BCUT2D eigenvalue weighted by atomic mass is 9.57. The molecule has 0 heterocycles. The van der Waals surface area contributed by atoms with Crippen molar-refractivity contribution in [1.29, 1.82) is 0 Å². The van der Waals surface area contributed by atoms with E-state index in [1.165, 1.54) is 4.90 Å². The lowest BCUT2D eigenvalue weighted by Gasteiger charge is -2.50. The van der Waals surface area contributed by atoms with Crippen LogP contribution in [0.25, 0.3) is 5.76 Å². The van der Waals surface area contributed by atoms with Crippen molar-refractivity contribution in [1.82, 2.24) is 9.96 Å². The molecule has 0 aliphatic heterocycles. The number of aliphatic hydroxyl groups is 3. The highest BCUT2D eigenvalue weighted by Gasteiger charge is 2.64. The first kappa shape index (κ1) is 30.5. The predicted octanol–water partition coefficient (Wildman–Crippen LogP) is 1.38. The lowest BCUT2D eigenvalue weighted by Crippen LogP contribution is -2.65. The molecule has 12 heteroatoms. The Labute approximate surface area is 238 Å². The third kappa shape index (κ3) is 4.78. The molecule has 4 atom stereocenters. The van der Waals surface area contributed by atoms with E-state index in [1.807, 2.05) is 20.8 Å². The second-order valence-electron chi connectivity index (χ2n) is 13.0. The topological polar surface area (TPSA) is 191 Å². The minimum atomic E-state index is -2.71. The van der Waals surface area contributed by atoms with E-state index in [0.717, 1.165) is 5.06 Å². The maximum atomic E-state index is 14.0. The third-order valence-electron chi connectivity index (χ3n) is 8.26. The second-order valence-corrected chi connectivity index (χ2v) is 13.0. The number of ketones is 2. The SMILES string of the molecule is CN(C)c1cc(CN([O-])CC(C)(C)C)c(O)c2c1C[C@H]1C[C@H]3[C@H](N(C)C)C(=O)C(C(N)=O)=C(O)[C@@]3(O)C(=O)C1=C2O. The predicted molar refractivity (Wildman–Crippen MR) is 152 cm³/mol. The highest BCUT2D eigenvalue weighted by molar-refractivity contribution is 6.24. The van der Waals surface area contributed by atoms with Gasteiger partial charge in [0.1, 0.15) is 22.8 Å². The van der Waals surface area contributed by atoms with E-state index in [0.29, 0.717) is 11.3 Å². The Hall–Kier alpha value is -3.45. The monoisotopic (exact) mass is 571 g/mol. The number of hydrogen-bond donors (Lipinski definition) is 5. The van der Waals surface area contributed by atoms with Gasteiger partial charge in [-0.1, -0.05) is 20.8 Å². The van der Waals surface area contributed by atoms with Gasteiger partial charge in [-0.2, -0.15) is 0 Å². The van der Waals surface area contributed by atoms with Gasteiger partial charge >= 0.3 is 0 Å². The van der Waals surface area contributed by atoms with Crippen LogP contribution in [0.3, 0.4) is 0 Å². The van der Waals surface area contributed by atoms with Crippen molar-refractivity contribution in [3.05, 3.63) is 44.9 Å². The molecule has 1 saturated carbocycles. The molecule has 1 aromatic rings. The van der Waals surface area contributed by atoms with E-state index in [-0.39, 0.29) is 53.8 Å². The normalized spacial score (nSPS) is 26.4. The molecule has 0 saturated heterocycles. The maximum absolute atomic E-state index is 14.0. The Morgan fingerprint density at radius 3 is 2.27 bits per heavy atom. The van der Waals surface area contributed by atoms with Crippen LogP contribution in [0, 0.1) is 22.5 Å². The fourth-order valence-electron chi connectivity index (χ4n) is 6.64. The average molecular weight is 572 g/mol. The highest BCUT2D eigenvalue weighted by Crippen LogP contribution is 2.54. The quantitative estimate of drug-likeness (QED) is 0.245. The molecule has 0 bridgehead atoms. The van der Waals surface area contributed by atoms with Crippen molar-refractivity contribution in [2.24, 2.45) is 23.0 Å². The van der Waals surface area contributed by atoms with Crippen LogP contribution in [0.5, 0.6) is 5.75 Å². The van der Waals surface area contributed by atoms with Crippen LogP contribution < -0.4 is 10.6 Å². The molecule has 0 spiro atoms. The van der Waals surface area contributed by atoms with E-state index in [4.69, 9.17) is 5.73 Å². The van der Waals surface area contributed by atoms with Crippen LogP contribution in [0.15, 0.2) is 23.0 Å². The average Bonchev–Trinajstić information content (AvgIpc) is 2.81. The molecular formula is C29H39N4O8-. The number of primary amides is 1.